The standard InChI is InChI=1S/C16H22N4O/c1-4-15-11(2)19-20(12(15)3)10-9-16(21)18-14-7-5-13(17)6-8-14/h5-8H,4,9-10,17H2,1-3H3,(H,18,21). The SMILES string of the molecule is CCc1c(C)nn(CCC(=O)Nc2ccc(N)cc2)c1C. The Morgan fingerprint density at radius 3 is 2.52 bits per heavy atom. The number of benzene rings is 1. The lowest BCUT2D eigenvalue weighted by molar-refractivity contribution is -0.116. The van der Waals surface area contributed by atoms with E-state index < -0.39 is 0 Å². The molecule has 0 aliphatic carbocycles. The van der Waals surface area contributed by atoms with E-state index in [1.165, 1.54) is 5.56 Å². The lowest BCUT2D eigenvalue weighted by Gasteiger charge is -2.07. The van der Waals surface area contributed by atoms with Crippen molar-refractivity contribution in [2.45, 2.75) is 40.2 Å². The molecule has 0 aliphatic heterocycles. The number of anilines is 2. The van der Waals surface area contributed by atoms with E-state index >= 15 is 0 Å². The van der Waals surface area contributed by atoms with Crippen LogP contribution in [0.1, 0.15) is 30.3 Å². The molecule has 1 heterocycles. The van der Waals surface area contributed by atoms with Crippen LogP contribution in [-0.2, 0) is 17.8 Å². The number of hydrogen-bond acceptors (Lipinski definition) is 3. The monoisotopic (exact) mass is 286 g/mol. The van der Waals surface area contributed by atoms with Gasteiger partial charge in [-0.3, -0.25) is 9.48 Å². The highest BCUT2D eigenvalue weighted by Crippen LogP contribution is 2.14. The van der Waals surface area contributed by atoms with Gasteiger partial charge in [-0.15, -0.1) is 0 Å². The van der Waals surface area contributed by atoms with Gasteiger partial charge in [0.05, 0.1) is 5.69 Å². The molecule has 5 nitrogen and oxygen atoms in total. The number of aryl methyl sites for hydroxylation is 2. The fourth-order valence-electron chi connectivity index (χ4n) is 2.46. The van der Waals surface area contributed by atoms with Crippen molar-refractivity contribution in [1.82, 2.24) is 9.78 Å². The van der Waals surface area contributed by atoms with Gasteiger partial charge < -0.3 is 11.1 Å². The first kappa shape index (κ1) is 15.1. The molecule has 0 fully saturated rings. The van der Waals surface area contributed by atoms with Crippen molar-refractivity contribution in [3.63, 3.8) is 0 Å². The summed E-state index contributed by atoms with van der Waals surface area (Å²) in [4.78, 5) is 12.0. The molecule has 2 rings (SSSR count). The number of nitrogens with zero attached hydrogens (tertiary/aromatic N) is 2. The molecule has 0 bridgehead atoms. The van der Waals surface area contributed by atoms with Gasteiger partial charge in [-0.05, 0) is 50.1 Å². The molecule has 0 radical (unpaired) electrons. The van der Waals surface area contributed by atoms with Gasteiger partial charge in [0.1, 0.15) is 0 Å². The molecule has 21 heavy (non-hydrogen) atoms. The van der Waals surface area contributed by atoms with Gasteiger partial charge in [0, 0.05) is 30.0 Å². The minimum absolute atomic E-state index is 0.0228. The van der Waals surface area contributed by atoms with Crippen molar-refractivity contribution < 1.29 is 4.79 Å². The number of aromatic nitrogens is 2. The first-order valence-corrected chi connectivity index (χ1v) is 7.19. The zero-order valence-electron chi connectivity index (χ0n) is 12.8. The van der Waals surface area contributed by atoms with E-state index in [-0.39, 0.29) is 5.91 Å². The van der Waals surface area contributed by atoms with Crippen LogP contribution in [0, 0.1) is 13.8 Å². The van der Waals surface area contributed by atoms with E-state index in [9.17, 15) is 4.79 Å². The third kappa shape index (κ3) is 3.62. The minimum atomic E-state index is -0.0228. The normalized spacial score (nSPS) is 10.6. The summed E-state index contributed by atoms with van der Waals surface area (Å²) in [6, 6.07) is 7.13. The van der Waals surface area contributed by atoms with Crippen molar-refractivity contribution in [2.75, 3.05) is 11.1 Å². The van der Waals surface area contributed by atoms with Crippen LogP contribution in [-0.4, -0.2) is 15.7 Å². The summed E-state index contributed by atoms with van der Waals surface area (Å²) >= 11 is 0. The Kier molecular flexibility index (Phi) is 4.62. The molecule has 0 spiro atoms. The van der Waals surface area contributed by atoms with Crippen LogP contribution in [0.2, 0.25) is 0 Å². The molecule has 0 saturated heterocycles. The van der Waals surface area contributed by atoms with Gasteiger partial charge in [0.2, 0.25) is 5.91 Å². The maximum absolute atomic E-state index is 12.0. The Labute approximate surface area is 125 Å². The molecule has 1 amide bonds. The highest BCUT2D eigenvalue weighted by Gasteiger charge is 2.11. The number of hydrogen-bond donors (Lipinski definition) is 2. The average molecular weight is 286 g/mol. The van der Waals surface area contributed by atoms with Crippen molar-refractivity contribution in [1.29, 1.82) is 0 Å². The smallest absolute Gasteiger partial charge is 0.226 e. The van der Waals surface area contributed by atoms with E-state index in [1.807, 2.05) is 11.6 Å². The van der Waals surface area contributed by atoms with E-state index in [0.29, 0.717) is 18.7 Å². The van der Waals surface area contributed by atoms with Crippen LogP contribution in [0.25, 0.3) is 0 Å². The molecular weight excluding hydrogens is 264 g/mol. The van der Waals surface area contributed by atoms with Gasteiger partial charge >= 0.3 is 0 Å². The number of nitrogens with two attached hydrogens (primary N) is 1. The summed E-state index contributed by atoms with van der Waals surface area (Å²) in [5.74, 6) is -0.0228. The lowest BCUT2D eigenvalue weighted by Crippen LogP contribution is -2.15. The number of nitrogen functional groups attached to an aromatic ring is 1. The van der Waals surface area contributed by atoms with Crippen molar-refractivity contribution in [3.05, 3.63) is 41.2 Å². The lowest BCUT2D eigenvalue weighted by atomic mass is 10.1. The summed E-state index contributed by atoms with van der Waals surface area (Å²) in [6.45, 7) is 6.77. The minimum Gasteiger partial charge on any atom is -0.399 e. The molecule has 1 aromatic carbocycles. The van der Waals surface area contributed by atoms with E-state index in [2.05, 4.69) is 24.3 Å². The second-order valence-electron chi connectivity index (χ2n) is 5.15. The average Bonchev–Trinajstić information content (AvgIpc) is 2.73. The second kappa shape index (κ2) is 6.43. The van der Waals surface area contributed by atoms with Crippen molar-refractivity contribution in [3.8, 4) is 0 Å². The highest BCUT2D eigenvalue weighted by atomic mass is 16.1. The predicted molar refractivity (Wildman–Crippen MR) is 85.2 cm³/mol. The van der Waals surface area contributed by atoms with Crippen LogP contribution >= 0.6 is 0 Å². The molecule has 0 aliphatic rings. The Morgan fingerprint density at radius 2 is 1.95 bits per heavy atom. The molecule has 0 unspecified atom stereocenters. The highest BCUT2D eigenvalue weighted by molar-refractivity contribution is 5.90. The molecule has 112 valence electrons. The third-order valence-corrected chi connectivity index (χ3v) is 3.63. The van der Waals surface area contributed by atoms with E-state index in [4.69, 9.17) is 5.73 Å². The molecular formula is C16H22N4O. The summed E-state index contributed by atoms with van der Waals surface area (Å²) in [5.41, 5.74) is 10.5. The zero-order valence-corrected chi connectivity index (χ0v) is 12.8. The van der Waals surface area contributed by atoms with E-state index in [1.54, 1.807) is 24.3 Å². The summed E-state index contributed by atoms with van der Waals surface area (Å²) in [7, 11) is 0. The Balaban J connectivity index is 1.93. The first-order chi connectivity index (χ1) is 10.0. The Hall–Kier alpha value is -2.30. The predicted octanol–water partition coefficient (Wildman–Crippen LogP) is 2.67. The van der Waals surface area contributed by atoms with Crippen molar-refractivity contribution >= 4 is 17.3 Å². The van der Waals surface area contributed by atoms with Gasteiger partial charge in [0.15, 0.2) is 0 Å². The summed E-state index contributed by atoms with van der Waals surface area (Å²) < 4.78 is 1.91. The van der Waals surface area contributed by atoms with Crippen LogP contribution < -0.4 is 11.1 Å². The van der Waals surface area contributed by atoms with Gasteiger partial charge in [0.25, 0.3) is 0 Å². The maximum atomic E-state index is 12.0. The Bertz CT molecular complexity index is 628. The largest absolute Gasteiger partial charge is 0.399 e. The van der Waals surface area contributed by atoms with Crippen LogP contribution in [0.3, 0.4) is 0 Å². The maximum Gasteiger partial charge on any atom is 0.226 e. The molecule has 2 aromatic rings. The summed E-state index contributed by atoms with van der Waals surface area (Å²) in [5, 5.41) is 7.35. The number of carbonyl (C=O) groups is 1. The number of rotatable bonds is 5. The van der Waals surface area contributed by atoms with E-state index in [0.717, 1.165) is 23.5 Å². The quantitative estimate of drug-likeness (QED) is 0.830. The first-order valence-electron chi connectivity index (χ1n) is 7.19. The van der Waals surface area contributed by atoms with Crippen LogP contribution in [0.4, 0.5) is 11.4 Å². The van der Waals surface area contributed by atoms with Crippen molar-refractivity contribution in [2.24, 2.45) is 0 Å². The fraction of sp³-hybridized carbons (Fsp3) is 0.375. The van der Waals surface area contributed by atoms with Gasteiger partial charge in [-0.2, -0.15) is 5.10 Å². The fourth-order valence-corrected chi connectivity index (χ4v) is 2.46. The molecule has 1 aromatic heterocycles. The summed E-state index contributed by atoms with van der Waals surface area (Å²) in [6.07, 6.45) is 1.37. The number of carbonyl (C=O) groups excluding carboxylic acids is 1. The number of amides is 1. The second-order valence-corrected chi connectivity index (χ2v) is 5.15. The van der Waals surface area contributed by atoms with Crippen LogP contribution in [0.15, 0.2) is 24.3 Å². The van der Waals surface area contributed by atoms with Crippen LogP contribution in [0.5, 0.6) is 0 Å². The molecule has 0 saturated carbocycles. The molecule has 3 N–H and O–H groups in total. The zero-order chi connectivity index (χ0) is 15.4. The van der Waals surface area contributed by atoms with Gasteiger partial charge in [-0.1, -0.05) is 6.92 Å². The molecule has 0 atom stereocenters. The van der Waals surface area contributed by atoms with Gasteiger partial charge in [-0.25, -0.2) is 0 Å². The molecule has 5 heteroatoms. The Morgan fingerprint density at radius 1 is 1.29 bits per heavy atom. The topological polar surface area (TPSA) is 72.9 Å². The third-order valence-electron chi connectivity index (χ3n) is 3.63. The number of nitrogens with one attached hydrogen (secondary N) is 1.